The molecule has 1 atom stereocenters. The summed E-state index contributed by atoms with van der Waals surface area (Å²) in [5.41, 5.74) is 2.09. The van der Waals surface area contributed by atoms with E-state index in [-0.39, 0.29) is 24.0 Å². The molecule has 2 aliphatic rings. The Kier molecular flexibility index (Phi) is 9.34. The van der Waals surface area contributed by atoms with Gasteiger partial charge in [0.25, 0.3) is 0 Å². The van der Waals surface area contributed by atoms with E-state index in [1.54, 1.807) is 13.2 Å². The third-order valence-corrected chi connectivity index (χ3v) is 6.35. The number of anilines is 2. The Labute approximate surface area is 214 Å². The molecule has 2 N–H and O–H groups in total. The van der Waals surface area contributed by atoms with Gasteiger partial charge in [0, 0.05) is 52.4 Å². The van der Waals surface area contributed by atoms with Gasteiger partial charge < -0.3 is 29.9 Å². The molecular formula is C25H36IN5O2. The molecule has 0 spiro atoms. The van der Waals surface area contributed by atoms with Crippen molar-refractivity contribution in [3.8, 4) is 11.5 Å². The van der Waals surface area contributed by atoms with Crippen LogP contribution in [-0.2, 0) is 0 Å². The van der Waals surface area contributed by atoms with Crippen LogP contribution < -0.4 is 19.9 Å². The number of phenols is 1. The standard InChI is InChI=1S/C25H35N5O2.HI/c1-3-26-25(29-16-14-28(15-17-29)21-8-4-6-10-23(21)31)27-18-20-12-13-30(19-20)22-9-5-7-11-24(22)32-2;/h4-11,20,31H,3,12-19H2,1-2H3,(H,26,27);1H. The zero-order chi connectivity index (χ0) is 22.3. The van der Waals surface area contributed by atoms with Crippen LogP contribution in [-0.4, -0.2) is 75.4 Å². The normalized spacial score (nSPS) is 18.8. The van der Waals surface area contributed by atoms with Crippen LogP contribution in [0.5, 0.6) is 11.5 Å². The molecule has 180 valence electrons. The van der Waals surface area contributed by atoms with Crippen molar-refractivity contribution in [3.63, 3.8) is 0 Å². The number of rotatable bonds is 6. The minimum Gasteiger partial charge on any atom is -0.506 e. The summed E-state index contributed by atoms with van der Waals surface area (Å²) in [4.78, 5) is 12.0. The molecule has 2 fully saturated rings. The molecule has 0 aliphatic carbocycles. The van der Waals surface area contributed by atoms with Gasteiger partial charge in [0.15, 0.2) is 5.96 Å². The number of aliphatic imine (C=N–C) groups is 1. The molecule has 2 heterocycles. The Bertz CT molecular complexity index is 917. The summed E-state index contributed by atoms with van der Waals surface area (Å²) in [6.07, 6.45) is 1.14. The summed E-state index contributed by atoms with van der Waals surface area (Å²) in [5, 5.41) is 13.6. The average Bonchev–Trinajstić information content (AvgIpc) is 3.31. The number of methoxy groups -OCH3 is 1. The maximum absolute atomic E-state index is 10.2. The number of hydrogen-bond acceptors (Lipinski definition) is 5. The van der Waals surface area contributed by atoms with E-state index in [0.717, 1.165) is 76.2 Å². The van der Waals surface area contributed by atoms with Gasteiger partial charge in [-0.2, -0.15) is 0 Å². The van der Waals surface area contributed by atoms with E-state index >= 15 is 0 Å². The molecule has 2 saturated heterocycles. The van der Waals surface area contributed by atoms with Crippen LogP contribution >= 0.6 is 24.0 Å². The molecule has 0 aromatic heterocycles. The molecule has 8 heteroatoms. The van der Waals surface area contributed by atoms with Gasteiger partial charge in [-0.3, -0.25) is 4.99 Å². The number of phenolic OH excluding ortho intramolecular Hbond substituents is 1. The van der Waals surface area contributed by atoms with E-state index in [2.05, 4.69) is 39.1 Å². The SMILES string of the molecule is CCNC(=NCC1CCN(c2ccccc2OC)C1)N1CCN(c2ccccc2O)CC1.I. The van der Waals surface area contributed by atoms with Crippen LogP contribution in [0.15, 0.2) is 53.5 Å². The molecule has 33 heavy (non-hydrogen) atoms. The number of piperazine rings is 1. The highest BCUT2D eigenvalue weighted by Gasteiger charge is 2.26. The lowest BCUT2D eigenvalue weighted by molar-refractivity contribution is 0.368. The van der Waals surface area contributed by atoms with E-state index in [0.29, 0.717) is 11.7 Å². The van der Waals surface area contributed by atoms with Gasteiger partial charge in [-0.1, -0.05) is 24.3 Å². The number of halogens is 1. The maximum atomic E-state index is 10.2. The summed E-state index contributed by atoms with van der Waals surface area (Å²) in [7, 11) is 1.73. The summed E-state index contributed by atoms with van der Waals surface area (Å²) in [5.74, 6) is 2.82. The lowest BCUT2D eigenvalue weighted by Crippen LogP contribution is -2.52. The fourth-order valence-corrected chi connectivity index (χ4v) is 4.62. The topological polar surface area (TPSA) is 63.6 Å². The Hall–Kier alpha value is -2.36. The van der Waals surface area contributed by atoms with E-state index in [1.807, 2.05) is 30.3 Å². The first-order valence-electron chi connectivity index (χ1n) is 11.6. The third-order valence-electron chi connectivity index (χ3n) is 6.35. The number of para-hydroxylation sites is 4. The highest BCUT2D eigenvalue weighted by molar-refractivity contribution is 14.0. The highest BCUT2D eigenvalue weighted by atomic mass is 127. The minimum absolute atomic E-state index is 0. The smallest absolute Gasteiger partial charge is 0.194 e. The van der Waals surface area contributed by atoms with Crippen molar-refractivity contribution in [2.24, 2.45) is 10.9 Å². The quantitative estimate of drug-likeness (QED) is 0.317. The van der Waals surface area contributed by atoms with Crippen molar-refractivity contribution >= 4 is 41.3 Å². The molecule has 0 saturated carbocycles. The van der Waals surface area contributed by atoms with Crippen molar-refractivity contribution < 1.29 is 9.84 Å². The number of hydrogen-bond donors (Lipinski definition) is 2. The lowest BCUT2D eigenvalue weighted by Gasteiger charge is -2.38. The Morgan fingerprint density at radius 1 is 1.00 bits per heavy atom. The molecule has 2 aromatic rings. The first kappa shape index (κ1) is 25.3. The number of aromatic hydroxyl groups is 1. The van der Waals surface area contributed by atoms with Crippen LogP contribution in [0.3, 0.4) is 0 Å². The second-order valence-corrected chi connectivity index (χ2v) is 8.43. The Balaban J connectivity index is 0.00000306. The molecule has 0 radical (unpaired) electrons. The molecule has 7 nitrogen and oxygen atoms in total. The molecule has 2 aromatic carbocycles. The molecular weight excluding hydrogens is 529 g/mol. The van der Waals surface area contributed by atoms with E-state index in [9.17, 15) is 5.11 Å². The van der Waals surface area contributed by atoms with Crippen molar-refractivity contribution in [2.75, 3.05) is 69.3 Å². The van der Waals surface area contributed by atoms with Crippen LogP contribution in [0.1, 0.15) is 13.3 Å². The monoisotopic (exact) mass is 565 g/mol. The molecule has 4 rings (SSSR count). The van der Waals surface area contributed by atoms with Gasteiger partial charge in [-0.05, 0) is 43.5 Å². The van der Waals surface area contributed by atoms with Crippen molar-refractivity contribution in [1.82, 2.24) is 10.2 Å². The number of ether oxygens (including phenoxy) is 1. The first-order chi connectivity index (χ1) is 15.7. The summed E-state index contributed by atoms with van der Waals surface area (Å²) < 4.78 is 5.54. The fourth-order valence-electron chi connectivity index (χ4n) is 4.62. The van der Waals surface area contributed by atoms with Gasteiger partial charge in [-0.15, -0.1) is 24.0 Å². The second-order valence-electron chi connectivity index (χ2n) is 8.43. The first-order valence-corrected chi connectivity index (χ1v) is 11.6. The molecule has 0 bridgehead atoms. The molecule has 2 aliphatic heterocycles. The van der Waals surface area contributed by atoms with E-state index < -0.39 is 0 Å². The number of benzene rings is 2. The predicted molar refractivity (Wildman–Crippen MR) is 147 cm³/mol. The van der Waals surface area contributed by atoms with E-state index in [1.165, 1.54) is 5.69 Å². The lowest BCUT2D eigenvalue weighted by atomic mass is 10.1. The average molecular weight is 566 g/mol. The van der Waals surface area contributed by atoms with Gasteiger partial charge in [0.1, 0.15) is 11.5 Å². The predicted octanol–water partition coefficient (Wildman–Crippen LogP) is 3.63. The summed E-state index contributed by atoms with van der Waals surface area (Å²) >= 11 is 0. The van der Waals surface area contributed by atoms with Crippen molar-refractivity contribution in [2.45, 2.75) is 13.3 Å². The van der Waals surface area contributed by atoms with Crippen LogP contribution in [0.4, 0.5) is 11.4 Å². The number of nitrogens with one attached hydrogen (secondary N) is 1. The summed E-state index contributed by atoms with van der Waals surface area (Å²) in [6, 6.07) is 15.8. The van der Waals surface area contributed by atoms with Gasteiger partial charge >= 0.3 is 0 Å². The van der Waals surface area contributed by atoms with Crippen molar-refractivity contribution in [3.05, 3.63) is 48.5 Å². The number of nitrogens with zero attached hydrogens (tertiary/aromatic N) is 4. The minimum atomic E-state index is 0. The van der Waals surface area contributed by atoms with Crippen LogP contribution in [0.25, 0.3) is 0 Å². The maximum Gasteiger partial charge on any atom is 0.194 e. The highest BCUT2D eigenvalue weighted by Crippen LogP contribution is 2.32. The van der Waals surface area contributed by atoms with E-state index in [4.69, 9.17) is 9.73 Å². The largest absolute Gasteiger partial charge is 0.506 e. The third kappa shape index (κ3) is 6.16. The number of guanidine groups is 1. The zero-order valence-corrected chi connectivity index (χ0v) is 21.9. The van der Waals surface area contributed by atoms with Crippen LogP contribution in [0.2, 0.25) is 0 Å². The zero-order valence-electron chi connectivity index (χ0n) is 19.6. The van der Waals surface area contributed by atoms with Gasteiger partial charge in [0.05, 0.1) is 18.5 Å². The fraction of sp³-hybridized carbons (Fsp3) is 0.480. The molecule has 1 unspecified atom stereocenters. The van der Waals surface area contributed by atoms with Gasteiger partial charge in [-0.25, -0.2) is 0 Å². The second kappa shape index (κ2) is 12.2. The Morgan fingerprint density at radius 2 is 1.70 bits per heavy atom. The van der Waals surface area contributed by atoms with Gasteiger partial charge in [0.2, 0.25) is 0 Å². The van der Waals surface area contributed by atoms with Crippen LogP contribution in [0, 0.1) is 5.92 Å². The van der Waals surface area contributed by atoms with Crippen molar-refractivity contribution in [1.29, 1.82) is 0 Å². The molecule has 0 amide bonds. The Morgan fingerprint density at radius 3 is 2.39 bits per heavy atom. The summed E-state index contributed by atoms with van der Waals surface area (Å²) in [6.45, 7) is 9.36.